The minimum atomic E-state index is 0.0763. The van der Waals surface area contributed by atoms with Crippen LogP contribution in [0.2, 0.25) is 0 Å². The second-order valence-electron chi connectivity index (χ2n) is 6.10. The van der Waals surface area contributed by atoms with Gasteiger partial charge in [0.05, 0.1) is 10.6 Å². The molecule has 24 heavy (non-hydrogen) atoms. The summed E-state index contributed by atoms with van der Waals surface area (Å²) < 4.78 is 0. The van der Waals surface area contributed by atoms with Gasteiger partial charge in [0.1, 0.15) is 9.88 Å². The van der Waals surface area contributed by atoms with Crippen LogP contribution in [0, 0.1) is 6.92 Å². The SMILES string of the molecule is Cc1nc(-c2cccs2)sc1C(=O)N1c2ccccc2CCC1C. The number of benzene rings is 1. The second kappa shape index (κ2) is 6.15. The number of hydrogen-bond donors (Lipinski definition) is 0. The molecule has 122 valence electrons. The van der Waals surface area contributed by atoms with E-state index in [1.54, 1.807) is 11.3 Å². The fraction of sp³-hybridized carbons (Fsp3) is 0.263. The van der Waals surface area contributed by atoms with Gasteiger partial charge in [-0.3, -0.25) is 4.79 Å². The Morgan fingerprint density at radius 2 is 2.08 bits per heavy atom. The maximum Gasteiger partial charge on any atom is 0.270 e. The van der Waals surface area contributed by atoms with Crippen LogP contribution in [-0.4, -0.2) is 16.9 Å². The molecule has 3 aromatic rings. The van der Waals surface area contributed by atoms with Crippen molar-refractivity contribution in [1.82, 2.24) is 4.98 Å². The second-order valence-corrected chi connectivity index (χ2v) is 8.05. The molecule has 1 unspecified atom stereocenters. The summed E-state index contributed by atoms with van der Waals surface area (Å²) in [6.07, 6.45) is 2.03. The summed E-state index contributed by atoms with van der Waals surface area (Å²) in [5.74, 6) is 0.0763. The predicted molar refractivity (Wildman–Crippen MR) is 101 cm³/mol. The molecule has 0 spiro atoms. The lowest BCUT2D eigenvalue weighted by Crippen LogP contribution is -2.42. The highest BCUT2D eigenvalue weighted by Gasteiger charge is 2.31. The number of hydrogen-bond acceptors (Lipinski definition) is 4. The average Bonchev–Trinajstić information content (AvgIpc) is 3.23. The van der Waals surface area contributed by atoms with Gasteiger partial charge in [0.25, 0.3) is 5.91 Å². The maximum absolute atomic E-state index is 13.3. The Kier molecular flexibility index (Phi) is 3.98. The first-order chi connectivity index (χ1) is 11.6. The molecule has 0 saturated carbocycles. The van der Waals surface area contributed by atoms with Crippen LogP contribution in [0.25, 0.3) is 9.88 Å². The van der Waals surface area contributed by atoms with Gasteiger partial charge in [-0.05, 0) is 49.8 Å². The van der Waals surface area contributed by atoms with E-state index in [1.807, 2.05) is 35.4 Å². The molecule has 1 amide bonds. The van der Waals surface area contributed by atoms with E-state index in [2.05, 4.69) is 30.1 Å². The average molecular weight is 355 g/mol. The van der Waals surface area contributed by atoms with Crippen molar-refractivity contribution in [2.24, 2.45) is 0 Å². The van der Waals surface area contributed by atoms with Crippen LogP contribution in [0.4, 0.5) is 5.69 Å². The third kappa shape index (κ3) is 2.58. The van der Waals surface area contributed by atoms with Crippen LogP contribution in [-0.2, 0) is 6.42 Å². The molecular formula is C19H18N2OS2. The van der Waals surface area contributed by atoms with Crippen molar-refractivity contribution in [3.8, 4) is 9.88 Å². The number of fused-ring (bicyclic) bond motifs is 1. The Morgan fingerprint density at radius 3 is 2.88 bits per heavy atom. The molecule has 5 heteroatoms. The molecule has 2 aromatic heterocycles. The van der Waals surface area contributed by atoms with Crippen LogP contribution in [0.3, 0.4) is 0 Å². The normalized spacial score (nSPS) is 16.9. The Labute approximate surface area is 149 Å². The molecule has 1 aliphatic heterocycles. The minimum Gasteiger partial charge on any atom is -0.305 e. The molecule has 4 rings (SSSR count). The maximum atomic E-state index is 13.3. The van der Waals surface area contributed by atoms with Gasteiger partial charge in [-0.25, -0.2) is 4.98 Å². The molecule has 0 radical (unpaired) electrons. The van der Waals surface area contributed by atoms with Crippen molar-refractivity contribution in [3.63, 3.8) is 0 Å². The molecule has 1 aliphatic rings. The van der Waals surface area contributed by atoms with E-state index in [4.69, 9.17) is 0 Å². The van der Waals surface area contributed by atoms with E-state index < -0.39 is 0 Å². The molecule has 0 bridgehead atoms. The molecular weight excluding hydrogens is 336 g/mol. The van der Waals surface area contributed by atoms with Gasteiger partial charge in [-0.1, -0.05) is 24.3 Å². The van der Waals surface area contributed by atoms with Gasteiger partial charge in [-0.15, -0.1) is 22.7 Å². The lowest BCUT2D eigenvalue weighted by atomic mass is 9.96. The van der Waals surface area contributed by atoms with Crippen LogP contribution >= 0.6 is 22.7 Å². The predicted octanol–water partition coefficient (Wildman–Crippen LogP) is 5.16. The van der Waals surface area contributed by atoms with Gasteiger partial charge in [-0.2, -0.15) is 0 Å². The minimum absolute atomic E-state index is 0.0763. The van der Waals surface area contributed by atoms with Crippen molar-refractivity contribution >= 4 is 34.3 Å². The van der Waals surface area contributed by atoms with Crippen molar-refractivity contribution < 1.29 is 4.79 Å². The number of nitrogens with zero attached hydrogens (tertiary/aromatic N) is 2. The van der Waals surface area contributed by atoms with Crippen LogP contribution in [0.1, 0.15) is 34.3 Å². The van der Waals surface area contributed by atoms with Gasteiger partial charge in [0.15, 0.2) is 0 Å². The summed E-state index contributed by atoms with van der Waals surface area (Å²) in [6, 6.07) is 12.5. The van der Waals surface area contributed by atoms with Gasteiger partial charge in [0.2, 0.25) is 0 Å². The highest BCUT2D eigenvalue weighted by atomic mass is 32.1. The lowest BCUT2D eigenvalue weighted by molar-refractivity contribution is 0.0978. The van der Waals surface area contributed by atoms with Crippen molar-refractivity contribution in [1.29, 1.82) is 0 Å². The Balaban J connectivity index is 1.74. The van der Waals surface area contributed by atoms with E-state index in [0.29, 0.717) is 0 Å². The summed E-state index contributed by atoms with van der Waals surface area (Å²) >= 11 is 3.16. The van der Waals surface area contributed by atoms with Crippen LogP contribution in [0.5, 0.6) is 0 Å². The van der Waals surface area contributed by atoms with Gasteiger partial charge in [0, 0.05) is 11.7 Å². The molecule has 1 aromatic carbocycles. The zero-order valence-corrected chi connectivity index (χ0v) is 15.3. The number of amides is 1. The number of aromatic nitrogens is 1. The molecule has 3 heterocycles. The van der Waals surface area contributed by atoms with Crippen LogP contribution < -0.4 is 4.90 Å². The Hall–Kier alpha value is -1.98. The first-order valence-electron chi connectivity index (χ1n) is 8.08. The fourth-order valence-electron chi connectivity index (χ4n) is 3.21. The van der Waals surface area contributed by atoms with E-state index in [-0.39, 0.29) is 11.9 Å². The zero-order valence-electron chi connectivity index (χ0n) is 13.7. The molecule has 3 nitrogen and oxygen atoms in total. The topological polar surface area (TPSA) is 33.2 Å². The molecule has 0 saturated heterocycles. The van der Waals surface area contributed by atoms with E-state index in [9.17, 15) is 4.79 Å². The highest BCUT2D eigenvalue weighted by Crippen LogP contribution is 2.36. The number of thiophene rings is 1. The van der Waals surface area contributed by atoms with Crippen molar-refractivity contribution in [2.45, 2.75) is 32.7 Å². The molecule has 0 N–H and O–H groups in total. The van der Waals surface area contributed by atoms with Crippen molar-refractivity contribution in [3.05, 3.63) is 57.9 Å². The molecule has 1 atom stereocenters. The standard InChI is InChI=1S/C19H18N2OS2/c1-12-9-10-14-6-3-4-7-15(14)21(12)19(22)17-13(2)20-18(24-17)16-8-5-11-23-16/h3-8,11-12H,9-10H2,1-2H3. The Morgan fingerprint density at radius 1 is 1.25 bits per heavy atom. The Bertz CT molecular complexity index is 883. The highest BCUT2D eigenvalue weighted by molar-refractivity contribution is 7.22. The molecule has 0 aliphatic carbocycles. The number of carbonyl (C=O) groups is 1. The van der Waals surface area contributed by atoms with E-state index in [1.165, 1.54) is 16.9 Å². The number of aryl methyl sites for hydroxylation is 2. The van der Waals surface area contributed by atoms with Crippen LogP contribution in [0.15, 0.2) is 41.8 Å². The zero-order chi connectivity index (χ0) is 16.7. The smallest absolute Gasteiger partial charge is 0.270 e. The third-order valence-electron chi connectivity index (χ3n) is 4.46. The first kappa shape index (κ1) is 15.5. The number of para-hydroxylation sites is 1. The van der Waals surface area contributed by atoms with Gasteiger partial charge >= 0.3 is 0 Å². The summed E-state index contributed by atoms with van der Waals surface area (Å²) in [4.78, 5) is 21.7. The number of anilines is 1. The number of rotatable bonds is 2. The lowest BCUT2D eigenvalue weighted by Gasteiger charge is -2.35. The monoisotopic (exact) mass is 354 g/mol. The van der Waals surface area contributed by atoms with E-state index in [0.717, 1.165) is 39.0 Å². The summed E-state index contributed by atoms with van der Waals surface area (Å²) in [5.41, 5.74) is 3.12. The fourth-order valence-corrected chi connectivity index (χ4v) is 5.01. The first-order valence-corrected chi connectivity index (χ1v) is 9.77. The third-order valence-corrected chi connectivity index (χ3v) is 6.65. The number of carbonyl (C=O) groups excluding carboxylic acids is 1. The summed E-state index contributed by atoms with van der Waals surface area (Å²) in [5, 5.41) is 2.97. The largest absolute Gasteiger partial charge is 0.305 e. The van der Waals surface area contributed by atoms with Gasteiger partial charge < -0.3 is 4.90 Å². The summed E-state index contributed by atoms with van der Waals surface area (Å²) in [7, 11) is 0. The molecule has 0 fully saturated rings. The van der Waals surface area contributed by atoms with E-state index >= 15 is 0 Å². The van der Waals surface area contributed by atoms with Crippen molar-refractivity contribution in [2.75, 3.05) is 4.90 Å². The number of thiazole rings is 1. The quantitative estimate of drug-likeness (QED) is 0.637. The summed E-state index contributed by atoms with van der Waals surface area (Å²) in [6.45, 7) is 4.06.